The Balaban J connectivity index is 1.61. The van der Waals surface area contributed by atoms with Crippen LogP contribution < -0.4 is 0 Å². The molecule has 2 aromatic rings. The average Bonchev–Trinajstić information content (AvgIpc) is 3.12. The van der Waals surface area contributed by atoms with Crippen molar-refractivity contribution in [2.45, 2.75) is 44.8 Å². The fourth-order valence-electron chi connectivity index (χ4n) is 4.07. The molecule has 4 nitrogen and oxygen atoms in total. The Labute approximate surface area is 134 Å². The molecule has 122 valence electrons. The average molecular weight is 316 g/mol. The van der Waals surface area contributed by atoms with Crippen LogP contribution in [0.5, 0.6) is 0 Å². The summed E-state index contributed by atoms with van der Waals surface area (Å²) in [6, 6.07) is 4.90. The first-order valence-electron chi connectivity index (χ1n) is 8.31. The van der Waals surface area contributed by atoms with Gasteiger partial charge in [0.25, 0.3) is 0 Å². The summed E-state index contributed by atoms with van der Waals surface area (Å²) >= 11 is 0. The fourth-order valence-corrected chi connectivity index (χ4v) is 4.07. The Kier molecular flexibility index (Phi) is 3.60. The number of carbonyl (C=O) groups excluding carboxylic acids is 1. The molecule has 2 fully saturated rings. The van der Waals surface area contributed by atoms with Crippen molar-refractivity contribution >= 4 is 16.8 Å². The standard InChI is InChI=1S/C18H21FN2O2/c1-11-13(14-9-12(19)5-6-15(14)20-11)10-18(22)21-7-8-23-17-4-2-3-16(17)21/h5-6,9,16-17,20H,2-4,7-8,10H2,1H3/t16-,17-/m0/s1. The van der Waals surface area contributed by atoms with Gasteiger partial charge in [0.2, 0.25) is 5.91 Å². The molecule has 1 N–H and O–H groups in total. The molecule has 1 saturated heterocycles. The number of halogens is 1. The third kappa shape index (κ3) is 2.53. The van der Waals surface area contributed by atoms with E-state index in [0.29, 0.717) is 19.6 Å². The van der Waals surface area contributed by atoms with Gasteiger partial charge in [-0.15, -0.1) is 0 Å². The first-order valence-corrected chi connectivity index (χ1v) is 8.31. The van der Waals surface area contributed by atoms with E-state index in [1.165, 1.54) is 12.1 Å². The van der Waals surface area contributed by atoms with Crippen molar-refractivity contribution < 1.29 is 13.9 Å². The molecule has 1 aliphatic carbocycles. The van der Waals surface area contributed by atoms with Crippen molar-refractivity contribution in [2.24, 2.45) is 0 Å². The van der Waals surface area contributed by atoms with Gasteiger partial charge in [0, 0.05) is 23.1 Å². The van der Waals surface area contributed by atoms with Crippen molar-refractivity contribution in [1.29, 1.82) is 0 Å². The van der Waals surface area contributed by atoms with E-state index in [9.17, 15) is 9.18 Å². The second-order valence-electron chi connectivity index (χ2n) is 6.59. The van der Waals surface area contributed by atoms with Gasteiger partial charge in [-0.05, 0) is 49.9 Å². The van der Waals surface area contributed by atoms with Crippen LogP contribution in [0.25, 0.3) is 10.9 Å². The number of carbonyl (C=O) groups is 1. The molecule has 0 bridgehead atoms. The van der Waals surface area contributed by atoms with E-state index in [-0.39, 0.29) is 23.9 Å². The third-order valence-corrected chi connectivity index (χ3v) is 5.21. The highest BCUT2D eigenvalue weighted by Crippen LogP contribution is 2.31. The van der Waals surface area contributed by atoms with Crippen LogP contribution in [0, 0.1) is 12.7 Å². The topological polar surface area (TPSA) is 45.3 Å². The number of aromatic amines is 1. The number of rotatable bonds is 2. The third-order valence-electron chi connectivity index (χ3n) is 5.21. The van der Waals surface area contributed by atoms with Gasteiger partial charge in [-0.1, -0.05) is 0 Å². The molecule has 1 amide bonds. The lowest BCUT2D eigenvalue weighted by Crippen LogP contribution is -2.51. The van der Waals surface area contributed by atoms with Gasteiger partial charge in [0.15, 0.2) is 0 Å². The molecule has 23 heavy (non-hydrogen) atoms. The normalized spacial score (nSPS) is 24.2. The Hall–Kier alpha value is -1.88. The number of aromatic nitrogens is 1. The number of fused-ring (bicyclic) bond motifs is 2. The predicted molar refractivity (Wildman–Crippen MR) is 85.8 cm³/mol. The number of benzene rings is 1. The summed E-state index contributed by atoms with van der Waals surface area (Å²) in [5.74, 6) is -0.147. The van der Waals surface area contributed by atoms with Gasteiger partial charge in [0.05, 0.1) is 25.2 Å². The molecular formula is C18H21FN2O2. The van der Waals surface area contributed by atoms with Gasteiger partial charge in [-0.2, -0.15) is 0 Å². The molecule has 2 aliphatic rings. The molecular weight excluding hydrogens is 295 g/mol. The van der Waals surface area contributed by atoms with Crippen LogP contribution in [0.4, 0.5) is 4.39 Å². The number of morpholine rings is 1. The summed E-state index contributed by atoms with van der Waals surface area (Å²) in [5, 5.41) is 0.812. The van der Waals surface area contributed by atoms with Crippen molar-refractivity contribution in [1.82, 2.24) is 9.88 Å². The molecule has 0 unspecified atom stereocenters. The van der Waals surface area contributed by atoms with Crippen LogP contribution in [0.1, 0.15) is 30.5 Å². The van der Waals surface area contributed by atoms with E-state index < -0.39 is 0 Å². The van der Waals surface area contributed by atoms with Gasteiger partial charge in [0.1, 0.15) is 5.82 Å². The summed E-state index contributed by atoms with van der Waals surface area (Å²) in [7, 11) is 0. The van der Waals surface area contributed by atoms with Crippen LogP contribution >= 0.6 is 0 Å². The number of nitrogens with zero attached hydrogens (tertiary/aromatic N) is 1. The minimum Gasteiger partial charge on any atom is -0.374 e. The molecule has 2 heterocycles. The molecule has 2 atom stereocenters. The maximum absolute atomic E-state index is 13.6. The van der Waals surface area contributed by atoms with Crippen LogP contribution in [0.3, 0.4) is 0 Å². The fraction of sp³-hybridized carbons (Fsp3) is 0.500. The lowest BCUT2D eigenvalue weighted by molar-refractivity contribution is -0.143. The summed E-state index contributed by atoms with van der Waals surface area (Å²) in [6.45, 7) is 3.22. The highest BCUT2D eigenvalue weighted by Gasteiger charge is 2.38. The molecule has 0 spiro atoms. The van der Waals surface area contributed by atoms with Gasteiger partial charge in [-0.3, -0.25) is 4.79 Å². The van der Waals surface area contributed by atoms with Gasteiger partial charge in [-0.25, -0.2) is 4.39 Å². The van der Waals surface area contributed by atoms with Gasteiger partial charge >= 0.3 is 0 Å². The van der Waals surface area contributed by atoms with Gasteiger partial charge < -0.3 is 14.6 Å². The van der Waals surface area contributed by atoms with E-state index >= 15 is 0 Å². The van der Waals surface area contributed by atoms with Crippen molar-refractivity contribution in [3.8, 4) is 0 Å². The Morgan fingerprint density at radius 1 is 1.43 bits per heavy atom. The Morgan fingerprint density at radius 2 is 2.30 bits per heavy atom. The first-order chi connectivity index (χ1) is 11.1. The van der Waals surface area contributed by atoms with Crippen molar-refractivity contribution in [3.63, 3.8) is 0 Å². The molecule has 5 heteroatoms. The van der Waals surface area contributed by atoms with Crippen LogP contribution in [0.2, 0.25) is 0 Å². The lowest BCUT2D eigenvalue weighted by Gasteiger charge is -2.37. The molecule has 1 aromatic carbocycles. The highest BCUT2D eigenvalue weighted by atomic mass is 19.1. The Bertz CT molecular complexity index is 755. The largest absolute Gasteiger partial charge is 0.374 e. The lowest BCUT2D eigenvalue weighted by atomic mass is 10.0. The van der Waals surface area contributed by atoms with E-state index in [2.05, 4.69) is 4.98 Å². The number of hydrogen-bond donors (Lipinski definition) is 1. The number of aryl methyl sites for hydroxylation is 1. The van der Waals surface area contributed by atoms with E-state index in [4.69, 9.17) is 4.74 Å². The van der Waals surface area contributed by atoms with Crippen LogP contribution in [-0.4, -0.2) is 41.1 Å². The number of hydrogen-bond acceptors (Lipinski definition) is 2. The monoisotopic (exact) mass is 316 g/mol. The maximum atomic E-state index is 13.6. The minimum atomic E-state index is -0.271. The number of ether oxygens (including phenoxy) is 1. The first kappa shape index (κ1) is 14.7. The van der Waals surface area contributed by atoms with Crippen molar-refractivity contribution in [3.05, 3.63) is 35.3 Å². The highest BCUT2D eigenvalue weighted by molar-refractivity contribution is 5.90. The summed E-state index contributed by atoms with van der Waals surface area (Å²) in [4.78, 5) is 18.1. The summed E-state index contributed by atoms with van der Waals surface area (Å²) in [5.41, 5.74) is 2.73. The van der Waals surface area contributed by atoms with E-state index in [1.54, 1.807) is 6.07 Å². The Morgan fingerprint density at radius 3 is 3.17 bits per heavy atom. The van der Waals surface area contributed by atoms with Crippen LogP contribution in [0.15, 0.2) is 18.2 Å². The second-order valence-corrected chi connectivity index (χ2v) is 6.59. The number of amides is 1. The van der Waals surface area contributed by atoms with Crippen LogP contribution in [-0.2, 0) is 16.0 Å². The van der Waals surface area contributed by atoms with E-state index in [0.717, 1.165) is 41.4 Å². The number of H-pyrrole nitrogens is 1. The molecule has 1 saturated carbocycles. The molecule has 1 aliphatic heterocycles. The van der Waals surface area contributed by atoms with Crippen molar-refractivity contribution in [2.75, 3.05) is 13.2 Å². The summed E-state index contributed by atoms with van der Waals surface area (Å²) in [6.07, 6.45) is 3.72. The molecule has 0 radical (unpaired) electrons. The quantitative estimate of drug-likeness (QED) is 0.926. The summed E-state index contributed by atoms with van der Waals surface area (Å²) < 4.78 is 19.3. The molecule has 1 aromatic heterocycles. The van der Waals surface area contributed by atoms with E-state index in [1.807, 2.05) is 11.8 Å². The SMILES string of the molecule is Cc1[nH]c2ccc(F)cc2c1CC(=O)N1CCO[C@H]2CCC[C@@H]21. The zero-order chi connectivity index (χ0) is 16.0. The minimum absolute atomic E-state index is 0.124. The zero-order valence-corrected chi connectivity index (χ0v) is 13.3. The second kappa shape index (κ2) is 5.64. The molecule has 4 rings (SSSR count). The zero-order valence-electron chi connectivity index (χ0n) is 13.3. The number of nitrogens with one attached hydrogen (secondary N) is 1. The predicted octanol–water partition coefficient (Wildman–Crippen LogP) is 2.94. The smallest absolute Gasteiger partial charge is 0.227 e. The maximum Gasteiger partial charge on any atom is 0.227 e.